The van der Waals surface area contributed by atoms with Crippen molar-refractivity contribution in [3.05, 3.63) is 62.5 Å². The lowest BCUT2D eigenvalue weighted by Gasteiger charge is -2.18. The van der Waals surface area contributed by atoms with E-state index in [1.807, 2.05) is 12.1 Å². The zero-order valence-electron chi connectivity index (χ0n) is 15.5. The normalized spacial score (nSPS) is 14.9. The molecule has 1 aromatic carbocycles. The molecular formula is C21H23N3OS. The maximum absolute atomic E-state index is 12.9. The Balaban J connectivity index is 1.68. The number of rotatable bonds is 2. The standard InChI is InChI=1S/C21H23N3OS/c1-21(2,3)15-10-8-14(9-11-15)12-23-24-13-22-19-18(20(24)25)16-6-4-5-7-17(16)26-19/h8-13H,4-7H2,1-3H3. The molecule has 4 rings (SSSR count). The van der Waals surface area contributed by atoms with Gasteiger partial charge in [-0.2, -0.15) is 9.78 Å². The molecule has 2 heterocycles. The summed E-state index contributed by atoms with van der Waals surface area (Å²) in [5.74, 6) is 0. The smallest absolute Gasteiger partial charge is 0.267 e. The Labute approximate surface area is 157 Å². The van der Waals surface area contributed by atoms with Crippen LogP contribution in [0.2, 0.25) is 0 Å². The summed E-state index contributed by atoms with van der Waals surface area (Å²) < 4.78 is 1.36. The molecule has 0 unspecified atom stereocenters. The van der Waals surface area contributed by atoms with E-state index < -0.39 is 0 Å². The number of benzene rings is 1. The van der Waals surface area contributed by atoms with E-state index in [2.05, 4.69) is 43.0 Å². The molecule has 134 valence electrons. The fourth-order valence-corrected chi connectivity index (χ4v) is 4.64. The number of hydrogen-bond acceptors (Lipinski definition) is 4. The van der Waals surface area contributed by atoms with Gasteiger partial charge in [-0.1, -0.05) is 45.0 Å². The average molecular weight is 366 g/mol. The predicted octanol–water partition coefficient (Wildman–Crippen LogP) is 4.52. The molecule has 0 amide bonds. The van der Waals surface area contributed by atoms with Crippen molar-refractivity contribution in [3.63, 3.8) is 0 Å². The van der Waals surface area contributed by atoms with E-state index in [0.29, 0.717) is 0 Å². The maximum Gasteiger partial charge on any atom is 0.282 e. The van der Waals surface area contributed by atoms with Gasteiger partial charge < -0.3 is 0 Å². The SMILES string of the molecule is CC(C)(C)c1ccc(C=Nn2cnc3sc4c(c3c2=O)CCCC4)cc1. The first-order chi connectivity index (χ1) is 12.4. The van der Waals surface area contributed by atoms with Gasteiger partial charge in [0.05, 0.1) is 11.6 Å². The number of nitrogens with zero attached hydrogens (tertiary/aromatic N) is 3. The summed E-state index contributed by atoms with van der Waals surface area (Å²) in [6.45, 7) is 6.58. The minimum Gasteiger partial charge on any atom is -0.267 e. The zero-order chi connectivity index (χ0) is 18.3. The van der Waals surface area contributed by atoms with E-state index in [1.54, 1.807) is 17.6 Å². The Bertz CT molecular complexity index is 1040. The third kappa shape index (κ3) is 3.12. The van der Waals surface area contributed by atoms with Crippen LogP contribution in [0.5, 0.6) is 0 Å². The number of aromatic nitrogens is 2. The van der Waals surface area contributed by atoms with Crippen LogP contribution in [0.25, 0.3) is 10.2 Å². The monoisotopic (exact) mass is 365 g/mol. The molecule has 26 heavy (non-hydrogen) atoms. The van der Waals surface area contributed by atoms with Gasteiger partial charge in [0.1, 0.15) is 11.2 Å². The van der Waals surface area contributed by atoms with Crippen molar-refractivity contribution >= 4 is 27.8 Å². The van der Waals surface area contributed by atoms with Gasteiger partial charge in [-0.15, -0.1) is 11.3 Å². The highest BCUT2D eigenvalue weighted by Gasteiger charge is 2.19. The first kappa shape index (κ1) is 17.2. The lowest BCUT2D eigenvalue weighted by molar-refractivity contribution is 0.590. The summed E-state index contributed by atoms with van der Waals surface area (Å²) in [5.41, 5.74) is 3.52. The Morgan fingerprint density at radius 3 is 2.62 bits per heavy atom. The van der Waals surface area contributed by atoms with Crippen LogP contribution in [-0.2, 0) is 18.3 Å². The van der Waals surface area contributed by atoms with Crippen LogP contribution in [0, 0.1) is 0 Å². The third-order valence-electron chi connectivity index (χ3n) is 4.97. The van der Waals surface area contributed by atoms with E-state index in [-0.39, 0.29) is 11.0 Å². The van der Waals surface area contributed by atoms with E-state index >= 15 is 0 Å². The molecule has 0 N–H and O–H groups in total. The Morgan fingerprint density at radius 1 is 1.15 bits per heavy atom. The van der Waals surface area contributed by atoms with Crippen molar-refractivity contribution in [2.45, 2.75) is 51.9 Å². The number of thiophene rings is 1. The van der Waals surface area contributed by atoms with Gasteiger partial charge >= 0.3 is 0 Å². The maximum atomic E-state index is 12.9. The van der Waals surface area contributed by atoms with Crippen LogP contribution >= 0.6 is 11.3 Å². The van der Waals surface area contributed by atoms with Gasteiger partial charge in [-0.3, -0.25) is 4.79 Å². The van der Waals surface area contributed by atoms with Crippen molar-refractivity contribution < 1.29 is 0 Å². The van der Waals surface area contributed by atoms with Crippen molar-refractivity contribution in [3.8, 4) is 0 Å². The van der Waals surface area contributed by atoms with Gasteiger partial charge in [-0.05, 0) is 47.8 Å². The molecule has 5 heteroatoms. The number of aryl methyl sites for hydroxylation is 2. The molecule has 0 fully saturated rings. The molecule has 3 aromatic rings. The van der Waals surface area contributed by atoms with Gasteiger partial charge in [0.25, 0.3) is 5.56 Å². The van der Waals surface area contributed by atoms with E-state index in [0.717, 1.165) is 35.0 Å². The van der Waals surface area contributed by atoms with Crippen LogP contribution in [0.3, 0.4) is 0 Å². The number of fused-ring (bicyclic) bond motifs is 3. The van der Waals surface area contributed by atoms with Crippen molar-refractivity contribution in [1.29, 1.82) is 0 Å². The molecule has 0 spiro atoms. The van der Waals surface area contributed by atoms with E-state index in [9.17, 15) is 4.79 Å². The molecular weight excluding hydrogens is 342 g/mol. The molecule has 1 aliphatic rings. The molecule has 0 saturated carbocycles. The highest BCUT2D eigenvalue weighted by Crippen LogP contribution is 2.33. The second kappa shape index (κ2) is 6.47. The summed E-state index contributed by atoms with van der Waals surface area (Å²) in [6, 6.07) is 8.29. The van der Waals surface area contributed by atoms with Gasteiger partial charge in [0.2, 0.25) is 0 Å². The van der Waals surface area contributed by atoms with Crippen molar-refractivity contribution in [2.24, 2.45) is 5.10 Å². The summed E-state index contributed by atoms with van der Waals surface area (Å²) in [6.07, 6.45) is 7.66. The number of hydrogen-bond donors (Lipinski definition) is 0. The van der Waals surface area contributed by atoms with E-state index in [4.69, 9.17) is 0 Å². The zero-order valence-corrected chi connectivity index (χ0v) is 16.3. The summed E-state index contributed by atoms with van der Waals surface area (Å²) in [7, 11) is 0. The fraction of sp³-hybridized carbons (Fsp3) is 0.381. The van der Waals surface area contributed by atoms with Crippen molar-refractivity contribution in [1.82, 2.24) is 9.66 Å². The topological polar surface area (TPSA) is 47.2 Å². The van der Waals surface area contributed by atoms with Crippen molar-refractivity contribution in [2.75, 3.05) is 0 Å². The molecule has 0 saturated heterocycles. The minimum atomic E-state index is -0.0584. The minimum absolute atomic E-state index is 0.0584. The highest BCUT2D eigenvalue weighted by molar-refractivity contribution is 7.18. The largest absolute Gasteiger partial charge is 0.282 e. The first-order valence-electron chi connectivity index (χ1n) is 9.10. The molecule has 2 aromatic heterocycles. The van der Waals surface area contributed by atoms with Gasteiger partial charge in [-0.25, -0.2) is 4.98 Å². The fourth-order valence-electron chi connectivity index (χ4n) is 3.42. The highest BCUT2D eigenvalue weighted by atomic mass is 32.1. The summed E-state index contributed by atoms with van der Waals surface area (Å²) in [5, 5.41) is 5.14. The van der Waals surface area contributed by atoms with E-state index in [1.165, 1.54) is 33.4 Å². The predicted molar refractivity (Wildman–Crippen MR) is 109 cm³/mol. The van der Waals surface area contributed by atoms with Crippen LogP contribution in [0.4, 0.5) is 0 Å². The van der Waals surface area contributed by atoms with Crippen LogP contribution in [0.1, 0.15) is 55.2 Å². The Morgan fingerprint density at radius 2 is 1.88 bits per heavy atom. The summed E-state index contributed by atoms with van der Waals surface area (Å²) in [4.78, 5) is 19.5. The van der Waals surface area contributed by atoms with Gasteiger partial charge in [0.15, 0.2) is 0 Å². The lowest BCUT2D eigenvalue weighted by atomic mass is 9.87. The first-order valence-corrected chi connectivity index (χ1v) is 9.92. The van der Waals surface area contributed by atoms with Crippen LogP contribution < -0.4 is 5.56 Å². The molecule has 4 nitrogen and oxygen atoms in total. The second-order valence-electron chi connectivity index (χ2n) is 7.90. The molecule has 0 bridgehead atoms. The molecule has 0 atom stereocenters. The lowest BCUT2D eigenvalue weighted by Crippen LogP contribution is -2.18. The molecule has 1 aliphatic carbocycles. The summed E-state index contributed by atoms with van der Waals surface area (Å²) >= 11 is 1.66. The molecule has 0 radical (unpaired) electrons. The van der Waals surface area contributed by atoms with Crippen LogP contribution in [-0.4, -0.2) is 15.9 Å². The van der Waals surface area contributed by atoms with Gasteiger partial charge in [0, 0.05) is 4.88 Å². The Hall–Kier alpha value is -2.27. The second-order valence-corrected chi connectivity index (χ2v) is 8.99. The third-order valence-corrected chi connectivity index (χ3v) is 6.17. The molecule has 0 aliphatic heterocycles. The Kier molecular flexibility index (Phi) is 4.27. The average Bonchev–Trinajstić information content (AvgIpc) is 3.00. The quantitative estimate of drug-likeness (QED) is 0.627. The van der Waals surface area contributed by atoms with Crippen LogP contribution in [0.15, 0.2) is 40.5 Å².